The topological polar surface area (TPSA) is 55.4 Å². The Hall–Kier alpha value is -1.19. The number of hydrogen-bond acceptors (Lipinski definition) is 3. The summed E-state index contributed by atoms with van der Waals surface area (Å²) < 4.78 is 6.62. The molecule has 9 heteroatoms. The maximum atomic E-state index is 12.9. The molecule has 1 amide bonds. The molecule has 4 rings (SSSR count). The maximum Gasteiger partial charge on any atom is 0.275 e. The van der Waals surface area contributed by atoms with E-state index in [-0.39, 0.29) is 11.9 Å². The van der Waals surface area contributed by atoms with Crippen LogP contribution in [0.5, 0.6) is 0 Å². The zero-order chi connectivity index (χ0) is 17.0. The van der Waals surface area contributed by atoms with E-state index in [9.17, 15) is 4.79 Å². The van der Waals surface area contributed by atoms with Gasteiger partial charge in [0, 0.05) is 37.2 Å². The fraction of sp³-hybridized carbons (Fsp3) is 0.267. The SMILES string of the molecule is CC1c2cc(Br)c(Br)n2CCN1C(=O)c1cc2ncc(Br)cn2n1. The summed E-state index contributed by atoms with van der Waals surface area (Å²) in [6, 6.07) is 3.75. The fourth-order valence-electron chi connectivity index (χ4n) is 3.03. The van der Waals surface area contributed by atoms with Gasteiger partial charge in [-0.1, -0.05) is 0 Å². The number of carbonyl (C=O) groups excluding carboxylic acids is 1. The van der Waals surface area contributed by atoms with Gasteiger partial charge in [-0.3, -0.25) is 4.79 Å². The molecule has 0 spiro atoms. The van der Waals surface area contributed by atoms with Crippen LogP contribution in [0.2, 0.25) is 0 Å². The number of carbonyl (C=O) groups is 1. The maximum absolute atomic E-state index is 12.9. The van der Waals surface area contributed by atoms with Crippen molar-refractivity contribution >= 4 is 59.3 Å². The predicted molar refractivity (Wildman–Crippen MR) is 100.0 cm³/mol. The fourth-order valence-corrected chi connectivity index (χ4v) is 4.27. The van der Waals surface area contributed by atoms with Crippen LogP contribution in [-0.2, 0) is 6.54 Å². The second-order valence-electron chi connectivity index (χ2n) is 5.64. The third-order valence-corrected chi connectivity index (χ3v) is 6.64. The van der Waals surface area contributed by atoms with Crippen molar-refractivity contribution in [2.45, 2.75) is 19.5 Å². The van der Waals surface area contributed by atoms with Gasteiger partial charge < -0.3 is 9.47 Å². The van der Waals surface area contributed by atoms with E-state index in [4.69, 9.17) is 0 Å². The van der Waals surface area contributed by atoms with Crippen molar-refractivity contribution in [3.05, 3.63) is 49.5 Å². The minimum atomic E-state index is -0.0798. The van der Waals surface area contributed by atoms with Crippen LogP contribution in [0.15, 0.2) is 38.1 Å². The number of fused-ring (bicyclic) bond motifs is 2. The average molecular weight is 518 g/mol. The molecule has 1 aliphatic heterocycles. The molecule has 0 fully saturated rings. The first-order valence-corrected chi connectivity index (χ1v) is 9.70. The van der Waals surface area contributed by atoms with Crippen molar-refractivity contribution in [2.75, 3.05) is 6.54 Å². The van der Waals surface area contributed by atoms with E-state index in [1.54, 1.807) is 23.0 Å². The summed E-state index contributed by atoms with van der Waals surface area (Å²) >= 11 is 10.5. The van der Waals surface area contributed by atoms with Gasteiger partial charge in [-0.25, -0.2) is 9.50 Å². The van der Waals surface area contributed by atoms with Crippen LogP contribution in [0, 0.1) is 0 Å². The molecule has 1 unspecified atom stereocenters. The van der Waals surface area contributed by atoms with Crippen LogP contribution >= 0.6 is 47.8 Å². The van der Waals surface area contributed by atoms with Gasteiger partial charge in [0.1, 0.15) is 0 Å². The summed E-state index contributed by atoms with van der Waals surface area (Å²) in [5.74, 6) is -0.0798. The number of hydrogen-bond donors (Lipinski definition) is 0. The van der Waals surface area contributed by atoms with Crippen molar-refractivity contribution in [1.29, 1.82) is 0 Å². The number of rotatable bonds is 1. The van der Waals surface area contributed by atoms with E-state index in [0.29, 0.717) is 17.9 Å². The Kier molecular flexibility index (Phi) is 4.04. The van der Waals surface area contributed by atoms with Crippen LogP contribution < -0.4 is 0 Å². The first-order valence-electron chi connectivity index (χ1n) is 7.32. The van der Waals surface area contributed by atoms with Gasteiger partial charge in [0.2, 0.25) is 0 Å². The minimum Gasteiger partial charge on any atom is -0.335 e. The van der Waals surface area contributed by atoms with Gasteiger partial charge in [0.25, 0.3) is 5.91 Å². The molecule has 0 saturated carbocycles. The predicted octanol–water partition coefficient (Wildman–Crippen LogP) is 4.04. The van der Waals surface area contributed by atoms with Gasteiger partial charge in [-0.2, -0.15) is 5.10 Å². The molecule has 4 heterocycles. The number of aromatic nitrogens is 4. The number of amides is 1. The third-order valence-electron chi connectivity index (χ3n) is 4.24. The molecule has 124 valence electrons. The molecule has 0 radical (unpaired) electrons. The molecule has 6 nitrogen and oxygen atoms in total. The van der Waals surface area contributed by atoms with Crippen LogP contribution in [0.4, 0.5) is 0 Å². The molecule has 0 aliphatic carbocycles. The molecular weight excluding hydrogens is 506 g/mol. The lowest BCUT2D eigenvalue weighted by atomic mass is 10.1. The Balaban J connectivity index is 1.68. The summed E-state index contributed by atoms with van der Waals surface area (Å²) in [4.78, 5) is 19.1. The Morgan fingerprint density at radius 1 is 1.25 bits per heavy atom. The minimum absolute atomic E-state index is 0.0293. The third kappa shape index (κ3) is 2.53. The summed E-state index contributed by atoms with van der Waals surface area (Å²) in [5.41, 5.74) is 2.16. The summed E-state index contributed by atoms with van der Waals surface area (Å²) in [6.45, 7) is 3.42. The molecule has 0 saturated heterocycles. The molecule has 0 bridgehead atoms. The van der Waals surface area contributed by atoms with Gasteiger partial charge in [0.15, 0.2) is 11.3 Å². The van der Waals surface area contributed by atoms with Crippen molar-refractivity contribution in [1.82, 2.24) is 24.1 Å². The van der Waals surface area contributed by atoms with E-state index >= 15 is 0 Å². The lowest BCUT2D eigenvalue weighted by Crippen LogP contribution is -2.41. The first-order chi connectivity index (χ1) is 11.5. The van der Waals surface area contributed by atoms with Crippen LogP contribution in [0.3, 0.4) is 0 Å². The molecular formula is C15H12Br3N5O. The van der Waals surface area contributed by atoms with Gasteiger partial charge in [-0.15, -0.1) is 0 Å². The molecule has 24 heavy (non-hydrogen) atoms. The highest BCUT2D eigenvalue weighted by Gasteiger charge is 2.31. The highest BCUT2D eigenvalue weighted by Crippen LogP contribution is 2.35. The standard InChI is InChI=1S/C15H12Br3N5O/c1-8-12-4-10(17)14(18)22(12)3-2-21(8)15(24)11-5-13-19-6-9(16)7-23(13)20-11/h4-8H,2-3H2,1H3. The van der Waals surface area contributed by atoms with Crippen molar-refractivity contribution < 1.29 is 4.79 Å². The second-order valence-corrected chi connectivity index (χ2v) is 8.16. The number of nitrogens with zero attached hydrogens (tertiary/aromatic N) is 5. The van der Waals surface area contributed by atoms with Crippen molar-refractivity contribution in [3.63, 3.8) is 0 Å². The van der Waals surface area contributed by atoms with Gasteiger partial charge >= 0.3 is 0 Å². The zero-order valence-corrected chi connectivity index (χ0v) is 17.3. The Bertz CT molecular complexity index is 964. The number of halogens is 3. The molecule has 0 N–H and O–H groups in total. The van der Waals surface area contributed by atoms with E-state index in [2.05, 4.69) is 68.5 Å². The van der Waals surface area contributed by atoms with E-state index in [0.717, 1.165) is 25.8 Å². The average Bonchev–Trinajstić information content (AvgIpc) is 3.10. The van der Waals surface area contributed by atoms with Gasteiger partial charge in [-0.05, 0) is 60.8 Å². The first kappa shape index (κ1) is 16.3. The zero-order valence-electron chi connectivity index (χ0n) is 12.6. The van der Waals surface area contributed by atoms with Gasteiger partial charge in [0.05, 0.1) is 19.6 Å². The largest absolute Gasteiger partial charge is 0.335 e. The highest BCUT2D eigenvalue weighted by atomic mass is 79.9. The quantitative estimate of drug-likeness (QED) is 0.489. The van der Waals surface area contributed by atoms with Crippen molar-refractivity contribution in [2.24, 2.45) is 0 Å². The van der Waals surface area contributed by atoms with Crippen LogP contribution in [0.1, 0.15) is 29.1 Å². The molecule has 1 atom stereocenters. The van der Waals surface area contributed by atoms with E-state index in [1.807, 2.05) is 11.8 Å². The lowest BCUT2D eigenvalue weighted by molar-refractivity contribution is 0.0636. The molecule has 3 aromatic heterocycles. The van der Waals surface area contributed by atoms with Crippen LogP contribution in [-0.4, -0.2) is 36.5 Å². The Morgan fingerprint density at radius 2 is 2.04 bits per heavy atom. The summed E-state index contributed by atoms with van der Waals surface area (Å²) in [6.07, 6.45) is 3.48. The Labute approximate surface area is 163 Å². The second kappa shape index (κ2) is 5.96. The molecule has 0 aromatic carbocycles. The monoisotopic (exact) mass is 515 g/mol. The van der Waals surface area contributed by atoms with E-state index < -0.39 is 0 Å². The normalized spacial score (nSPS) is 17.3. The van der Waals surface area contributed by atoms with Crippen LogP contribution in [0.25, 0.3) is 5.65 Å². The van der Waals surface area contributed by atoms with E-state index in [1.165, 1.54) is 0 Å². The smallest absolute Gasteiger partial charge is 0.275 e. The molecule has 3 aromatic rings. The summed E-state index contributed by atoms with van der Waals surface area (Å²) in [7, 11) is 0. The highest BCUT2D eigenvalue weighted by molar-refractivity contribution is 9.13. The molecule has 1 aliphatic rings. The Morgan fingerprint density at radius 3 is 2.83 bits per heavy atom. The lowest BCUT2D eigenvalue weighted by Gasteiger charge is -2.34. The summed E-state index contributed by atoms with van der Waals surface area (Å²) in [5, 5.41) is 4.37. The van der Waals surface area contributed by atoms with Crippen molar-refractivity contribution in [3.8, 4) is 0 Å².